The highest BCUT2D eigenvalue weighted by Crippen LogP contribution is 1.90. The molecule has 2 amide bonds. The Bertz CT molecular complexity index is 258. The number of carbonyl (C=O) groups excluding carboxylic acids is 1. The van der Waals surface area contributed by atoms with Gasteiger partial charge in [-0.15, -0.1) is 0 Å². The molecule has 0 radical (unpaired) electrons. The van der Waals surface area contributed by atoms with E-state index in [1.165, 1.54) is 0 Å². The number of rotatable bonds is 7. The third kappa shape index (κ3) is 8.47. The fourth-order valence-corrected chi connectivity index (χ4v) is 1.31. The number of nitrogens with zero attached hydrogens (tertiary/aromatic N) is 1. The van der Waals surface area contributed by atoms with Gasteiger partial charge in [0.05, 0.1) is 0 Å². The van der Waals surface area contributed by atoms with E-state index in [4.69, 9.17) is 10.2 Å². The van der Waals surface area contributed by atoms with Crippen molar-refractivity contribution in [2.45, 2.75) is 25.5 Å². The summed E-state index contributed by atoms with van der Waals surface area (Å²) in [6, 6.07) is -0.369. The molecule has 0 aliphatic carbocycles. The minimum Gasteiger partial charge on any atom is -0.479 e. The van der Waals surface area contributed by atoms with Crippen LogP contribution in [0.5, 0.6) is 0 Å². The van der Waals surface area contributed by atoms with Gasteiger partial charge in [-0.25, -0.2) is 9.59 Å². The second kappa shape index (κ2) is 7.86. The third-order valence-corrected chi connectivity index (χ3v) is 2.00. The zero-order valence-electron chi connectivity index (χ0n) is 10.4. The highest BCUT2D eigenvalue weighted by molar-refractivity contribution is 5.74. The average Bonchev–Trinajstić information content (AvgIpc) is 2.15. The van der Waals surface area contributed by atoms with Gasteiger partial charge in [0.15, 0.2) is 6.10 Å². The van der Waals surface area contributed by atoms with Crippen LogP contribution in [0.1, 0.15) is 13.3 Å². The molecule has 0 aliphatic heterocycles. The Morgan fingerprint density at radius 2 is 1.94 bits per heavy atom. The molecule has 0 rings (SSSR count). The van der Waals surface area contributed by atoms with Gasteiger partial charge in [0.1, 0.15) is 0 Å². The van der Waals surface area contributed by atoms with E-state index in [0.717, 1.165) is 0 Å². The zero-order valence-corrected chi connectivity index (χ0v) is 10.4. The Morgan fingerprint density at radius 1 is 1.35 bits per heavy atom. The fraction of sp³-hybridized carbons (Fsp3) is 0.800. The number of carboxylic acids is 1. The van der Waals surface area contributed by atoms with Gasteiger partial charge in [-0.2, -0.15) is 0 Å². The number of aliphatic hydroxyl groups excluding tert-OH is 1. The van der Waals surface area contributed by atoms with Crippen molar-refractivity contribution in [3.05, 3.63) is 0 Å². The molecule has 0 bridgehead atoms. The second-order valence-corrected chi connectivity index (χ2v) is 4.21. The molecule has 0 aromatic carbocycles. The topological polar surface area (TPSA) is 102 Å². The summed E-state index contributed by atoms with van der Waals surface area (Å²) in [5, 5.41) is 22.5. The third-order valence-electron chi connectivity index (χ3n) is 2.00. The van der Waals surface area contributed by atoms with Gasteiger partial charge in [-0.05, 0) is 21.0 Å². The van der Waals surface area contributed by atoms with Crippen molar-refractivity contribution in [3.63, 3.8) is 0 Å². The van der Waals surface area contributed by atoms with Crippen LogP contribution >= 0.6 is 0 Å². The lowest BCUT2D eigenvalue weighted by atomic mass is 10.2. The smallest absolute Gasteiger partial charge is 0.332 e. The second-order valence-electron chi connectivity index (χ2n) is 4.21. The van der Waals surface area contributed by atoms with Gasteiger partial charge in [0, 0.05) is 25.6 Å². The highest BCUT2D eigenvalue weighted by atomic mass is 16.4. The lowest BCUT2D eigenvalue weighted by Crippen LogP contribution is -2.45. The van der Waals surface area contributed by atoms with Crippen molar-refractivity contribution < 1.29 is 19.8 Å². The first-order valence-corrected chi connectivity index (χ1v) is 5.43. The quantitative estimate of drug-likeness (QED) is 0.465. The van der Waals surface area contributed by atoms with E-state index in [1.54, 1.807) is 0 Å². The number of hydrogen-bond acceptors (Lipinski definition) is 4. The van der Waals surface area contributed by atoms with Gasteiger partial charge in [0.2, 0.25) is 0 Å². The Balaban J connectivity index is 3.69. The molecule has 2 unspecified atom stereocenters. The van der Waals surface area contributed by atoms with E-state index >= 15 is 0 Å². The summed E-state index contributed by atoms with van der Waals surface area (Å²) in [4.78, 5) is 23.6. The number of urea groups is 1. The molecular weight excluding hydrogens is 226 g/mol. The molecule has 0 saturated heterocycles. The predicted octanol–water partition coefficient (Wildman–Crippen LogP) is -0.929. The van der Waals surface area contributed by atoms with Crippen LogP contribution in [0.15, 0.2) is 0 Å². The molecule has 0 saturated carbocycles. The lowest BCUT2D eigenvalue weighted by molar-refractivity contribution is -0.146. The highest BCUT2D eigenvalue weighted by Gasteiger charge is 2.13. The molecule has 17 heavy (non-hydrogen) atoms. The van der Waals surface area contributed by atoms with Crippen molar-refractivity contribution in [2.75, 3.05) is 27.2 Å². The first kappa shape index (κ1) is 15.7. The number of aliphatic carboxylic acids is 1. The van der Waals surface area contributed by atoms with Crippen LogP contribution in [0.25, 0.3) is 0 Å². The Hall–Kier alpha value is -1.34. The van der Waals surface area contributed by atoms with Crippen LogP contribution in [0.3, 0.4) is 0 Å². The molecular formula is C10H21N3O4. The number of carboxylic acid groups (broad SMARTS) is 1. The van der Waals surface area contributed by atoms with Crippen molar-refractivity contribution in [1.82, 2.24) is 15.5 Å². The Morgan fingerprint density at radius 3 is 2.41 bits per heavy atom. The van der Waals surface area contributed by atoms with Gasteiger partial charge >= 0.3 is 12.0 Å². The van der Waals surface area contributed by atoms with Crippen LogP contribution in [0.4, 0.5) is 4.79 Å². The van der Waals surface area contributed by atoms with Crippen molar-refractivity contribution >= 4 is 12.0 Å². The molecule has 0 heterocycles. The zero-order chi connectivity index (χ0) is 13.4. The van der Waals surface area contributed by atoms with E-state index in [1.807, 2.05) is 25.9 Å². The minimum atomic E-state index is -1.44. The van der Waals surface area contributed by atoms with Gasteiger partial charge in [-0.1, -0.05) is 0 Å². The average molecular weight is 247 g/mol. The van der Waals surface area contributed by atoms with E-state index < -0.39 is 12.1 Å². The van der Waals surface area contributed by atoms with Crippen LogP contribution in [0, 0.1) is 0 Å². The molecule has 2 atom stereocenters. The minimum absolute atomic E-state index is 0.00519. The molecule has 7 nitrogen and oxygen atoms in total. The first-order valence-electron chi connectivity index (χ1n) is 5.43. The summed E-state index contributed by atoms with van der Waals surface area (Å²) < 4.78 is 0. The summed E-state index contributed by atoms with van der Waals surface area (Å²) in [5.74, 6) is -1.28. The standard InChI is InChI=1S/C10H21N3O4/c1-7(6-13(2)3)12-10(17)11-5-4-8(14)9(15)16/h7-8,14H,4-6H2,1-3H3,(H,15,16)(H2,11,12,17). The van der Waals surface area contributed by atoms with Gasteiger partial charge in [0.25, 0.3) is 0 Å². The maximum absolute atomic E-state index is 11.3. The number of hydrogen-bond donors (Lipinski definition) is 4. The summed E-state index contributed by atoms with van der Waals surface area (Å²) in [7, 11) is 3.80. The number of carbonyl (C=O) groups is 2. The van der Waals surface area contributed by atoms with Gasteiger partial charge in [-0.3, -0.25) is 0 Å². The summed E-state index contributed by atoms with van der Waals surface area (Å²) in [5.41, 5.74) is 0. The van der Waals surface area contributed by atoms with Crippen molar-refractivity contribution in [1.29, 1.82) is 0 Å². The SMILES string of the molecule is CC(CN(C)C)NC(=O)NCCC(O)C(=O)O. The Kier molecular flexibility index (Phi) is 7.24. The molecule has 0 aromatic rings. The van der Waals surface area contributed by atoms with Crippen LogP contribution < -0.4 is 10.6 Å². The molecule has 0 fully saturated rings. The maximum Gasteiger partial charge on any atom is 0.332 e. The van der Waals surface area contributed by atoms with Crippen LogP contribution in [-0.4, -0.2) is 66.4 Å². The van der Waals surface area contributed by atoms with Gasteiger partial charge < -0.3 is 25.7 Å². The molecule has 0 aromatic heterocycles. The lowest BCUT2D eigenvalue weighted by Gasteiger charge is -2.18. The summed E-state index contributed by atoms with van der Waals surface area (Å²) in [6.45, 7) is 2.70. The van der Waals surface area contributed by atoms with Crippen molar-refractivity contribution in [3.8, 4) is 0 Å². The van der Waals surface area contributed by atoms with E-state index in [9.17, 15) is 9.59 Å². The first-order chi connectivity index (χ1) is 7.82. The Labute approximate surface area is 101 Å². The fourth-order valence-electron chi connectivity index (χ4n) is 1.31. The van der Waals surface area contributed by atoms with E-state index in [-0.39, 0.29) is 25.0 Å². The molecule has 0 spiro atoms. The normalized spacial score (nSPS) is 14.2. The maximum atomic E-state index is 11.3. The van der Waals surface area contributed by atoms with Crippen LogP contribution in [-0.2, 0) is 4.79 Å². The number of aliphatic hydroxyl groups is 1. The molecule has 4 N–H and O–H groups in total. The largest absolute Gasteiger partial charge is 0.479 e. The van der Waals surface area contributed by atoms with Crippen molar-refractivity contribution in [2.24, 2.45) is 0 Å². The molecule has 100 valence electrons. The van der Waals surface area contributed by atoms with Crippen LogP contribution in [0.2, 0.25) is 0 Å². The monoisotopic (exact) mass is 247 g/mol. The molecule has 7 heteroatoms. The predicted molar refractivity (Wildman–Crippen MR) is 62.8 cm³/mol. The number of nitrogens with one attached hydrogen (secondary N) is 2. The van der Waals surface area contributed by atoms with E-state index in [2.05, 4.69) is 10.6 Å². The number of amides is 2. The molecule has 0 aliphatic rings. The number of likely N-dealkylation sites (N-methyl/N-ethyl adjacent to an activating group) is 1. The summed E-state index contributed by atoms with van der Waals surface area (Å²) in [6.07, 6.45) is -1.44. The summed E-state index contributed by atoms with van der Waals surface area (Å²) >= 11 is 0. The van der Waals surface area contributed by atoms with E-state index in [0.29, 0.717) is 6.54 Å².